The molecule has 0 radical (unpaired) electrons. The molecule has 0 saturated carbocycles. The predicted molar refractivity (Wildman–Crippen MR) is 100 cm³/mol. The van der Waals surface area contributed by atoms with Crippen LogP contribution < -0.4 is 15.2 Å². The molecule has 8 nitrogen and oxygen atoms in total. The first-order valence-corrected chi connectivity index (χ1v) is 9.14. The molecule has 0 saturated heterocycles. The molecule has 0 N–H and O–H groups in total. The van der Waals surface area contributed by atoms with E-state index in [1.807, 2.05) is 24.3 Å². The summed E-state index contributed by atoms with van der Waals surface area (Å²) in [5, 5.41) is 4.21. The van der Waals surface area contributed by atoms with Crippen molar-refractivity contribution in [3.05, 3.63) is 40.6 Å². The van der Waals surface area contributed by atoms with E-state index in [0.29, 0.717) is 44.0 Å². The Morgan fingerprint density at radius 1 is 1.33 bits per heavy atom. The third-order valence-electron chi connectivity index (χ3n) is 4.89. The Bertz CT molecular complexity index is 858. The maximum absolute atomic E-state index is 12.7. The molecular formula is C19H26N4O4. The molecule has 0 aliphatic carbocycles. The number of aromatic nitrogens is 3. The number of hydrogen-bond acceptors (Lipinski definition) is 5. The molecule has 1 aliphatic rings. The van der Waals surface area contributed by atoms with E-state index in [9.17, 15) is 9.59 Å². The lowest BCUT2D eigenvalue weighted by molar-refractivity contribution is -0.135. The van der Waals surface area contributed by atoms with E-state index in [2.05, 4.69) is 5.10 Å². The van der Waals surface area contributed by atoms with Gasteiger partial charge < -0.3 is 14.4 Å². The summed E-state index contributed by atoms with van der Waals surface area (Å²) in [6.45, 7) is 1.50. The molecule has 1 aromatic carbocycles. The fourth-order valence-electron chi connectivity index (χ4n) is 3.38. The minimum Gasteiger partial charge on any atom is -0.493 e. The van der Waals surface area contributed by atoms with Crippen molar-refractivity contribution < 1.29 is 14.3 Å². The molecular weight excluding hydrogens is 348 g/mol. The fraction of sp³-hybridized carbons (Fsp3) is 0.526. The second kappa shape index (κ2) is 8.28. The number of hydrogen-bond donors (Lipinski definition) is 0. The van der Waals surface area contributed by atoms with E-state index >= 15 is 0 Å². The Morgan fingerprint density at radius 3 is 2.81 bits per heavy atom. The minimum atomic E-state index is -0.181. The summed E-state index contributed by atoms with van der Waals surface area (Å²) in [5.41, 5.74) is -0.157. The summed E-state index contributed by atoms with van der Waals surface area (Å²) < 4.78 is 14.0. The van der Waals surface area contributed by atoms with Crippen molar-refractivity contribution >= 4 is 5.91 Å². The van der Waals surface area contributed by atoms with E-state index in [0.717, 1.165) is 12.2 Å². The third-order valence-corrected chi connectivity index (χ3v) is 4.89. The average Bonchev–Trinajstić information content (AvgIpc) is 2.98. The quantitative estimate of drug-likeness (QED) is 0.678. The van der Waals surface area contributed by atoms with E-state index in [4.69, 9.17) is 9.47 Å². The van der Waals surface area contributed by atoms with Gasteiger partial charge in [-0.1, -0.05) is 12.1 Å². The van der Waals surface area contributed by atoms with Gasteiger partial charge in [-0.15, -0.1) is 0 Å². The van der Waals surface area contributed by atoms with Crippen LogP contribution in [0.5, 0.6) is 11.5 Å². The van der Waals surface area contributed by atoms with Crippen LogP contribution in [0.2, 0.25) is 0 Å². The van der Waals surface area contributed by atoms with Gasteiger partial charge in [-0.2, -0.15) is 5.10 Å². The molecule has 1 amide bonds. The van der Waals surface area contributed by atoms with E-state index in [1.165, 1.54) is 4.68 Å². The second-order valence-corrected chi connectivity index (χ2v) is 6.78. The van der Waals surface area contributed by atoms with Crippen molar-refractivity contribution in [2.75, 3.05) is 27.3 Å². The van der Waals surface area contributed by atoms with E-state index < -0.39 is 0 Å². The van der Waals surface area contributed by atoms with Gasteiger partial charge in [-0.25, -0.2) is 9.48 Å². The van der Waals surface area contributed by atoms with Crippen molar-refractivity contribution in [1.29, 1.82) is 0 Å². The van der Waals surface area contributed by atoms with Crippen molar-refractivity contribution in [3.63, 3.8) is 0 Å². The van der Waals surface area contributed by atoms with Crippen LogP contribution in [-0.4, -0.2) is 52.5 Å². The smallest absolute Gasteiger partial charge is 0.345 e. The van der Waals surface area contributed by atoms with Crippen LogP contribution in [0.15, 0.2) is 29.1 Å². The Hall–Kier alpha value is -2.77. The molecule has 0 fully saturated rings. The number of fused-ring (bicyclic) bond motifs is 1. The Morgan fingerprint density at radius 2 is 2.07 bits per heavy atom. The highest BCUT2D eigenvalue weighted by atomic mass is 16.5. The number of methoxy groups -OCH3 is 1. The normalized spacial score (nSPS) is 15.9. The number of nitrogens with zero attached hydrogens (tertiary/aromatic N) is 4. The van der Waals surface area contributed by atoms with E-state index in [-0.39, 0.29) is 17.5 Å². The summed E-state index contributed by atoms with van der Waals surface area (Å²) in [6.07, 6.45) is 2.08. The summed E-state index contributed by atoms with van der Waals surface area (Å²) in [4.78, 5) is 26.5. The number of aryl methyl sites for hydroxylation is 2. The number of carbonyl (C=O) groups is 1. The molecule has 8 heteroatoms. The number of ether oxygens (including phenoxy) is 2. The van der Waals surface area contributed by atoms with Crippen LogP contribution in [0.25, 0.3) is 0 Å². The van der Waals surface area contributed by atoms with Crippen LogP contribution >= 0.6 is 0 Å². The number of carbonyl (C=O) groups excluding carboxylic acids is 1. The molecule has 0 bridgehead atoms. The Kier molecular flexibility index (Phi) is 5.83. The SMILES string of the molecule is COc1ccccc1OCCCN(C)C(=O)[C@@H]1CCc2nn(C)c(=O)n2C1. The average molecular weight is 374 g/mol. The maximum atomic E-state index is 12.7. The highest BCUT2D eigenvalue weighted by Gasteiger charge is 2.29. The summed E-state index contributed by atoms with van der Waals surface area (Å²) in [6, 6.07) is 7.49. The topological polar surface area (TPSA) is 78.6 Å². The first kappa shape index (κ1) is 19.0. The van der Waals surface area contributed by atoms with Gasteiger partial charge in [0.2, 0.25) is 5.91 Å². The zero-order chi connectivity index (χ0) is 19.4. The molecule has 1 atom stereocenters. The molecule has 0 unspecified atom stereocenters. The monoisotopic (exact) mass is 374 g/mol. The highest BCUT2D eigenvalue weighted by molar-refractivity contribution is 5.78. The molecule has 0 spiro atoms. The van der Waals surface area contributed by atoms with Gasteiger partial charge in [0.25, 0.3) is 0 Å². The second-order valence-electron chi connectivity index (χ2n) is 6.78. The van der Waals surface area contributed by atoms with Crippen LogP contribution in [0.1, 0.15) is 18.7 Å². The highest BCUT2D eigenvalue weighted by Crippen LogP contribution is 2.25. The maximum Gasteiger partial charge on any atom is 0.345 e. The Labute approximate surface area is 158 Å². The summed E-state index contributed by atoms with van der Waals surface area (Å²) >= 11 is 0. The number of amides is 1. The van der Waals surface area contributed by atoms with Crippen LogP contribution in [0.4, 0.5) is 0 Å². The minimum absolute atomic E-state index is 0.0636. The van der Waals surface area contributed by atoms with Crippen molar-refractivity contribution in [2.45, 2.75) is 25.8 Å². The van der Waals surface area contributed by atoms with Crippen LogP contribution in [0, 0.1) is 5.92 Å². The van der Waals surface area contributed by atoms with Crippen LogP contribution in [-0.2, 0) is 24.8 Å². The standard InChI is InChI=1S/C19H26N4O4/c1-21(11-6-12-27-16-8-5-4-7-15(16)26-3)18(24)14-9-10-17-20-22(2)19(25)23(17)13-14/h4-5,7-8,14H,6,9-13H2,1-3H3/t14-/m1/s1. The lowest BCUT2D eigenvalue weighted by Gasteiger charge is -2.26. The molecule has 3 rings (SSSR count). The summed E-state index contributed by atoms with van der Waals surface area (Å²) in [7, 11) is 5.04. The van der Waals surface area contributed by atoms with Gasteiger partial charge in [-0.05, 0) is 25.0 Å². The number of benzene rings is 1. The van der Waals surface area contributed by atoms with E-state index in [1.54, 1.807) is 30.7 Å². The van der Waals surface area contributed by atoms with Crippen molar-refractivity contribution in [3.8, 4) is 11.5 Å². The fourth-order valence-corrected chi connectivity index (χ4v) is 3.38. The van der Waals surface area contributed by atoms with Gasteiger partial charge in [0.1, 0.15) is 5.82 Å². The van der Waals surface area contributed by atoms with Gasteiger partial charge >= 0.3 is 5.69 Å². The lowest BCUT2D eigenvalue weighted by atomic mass is 9.98. The third kappa shape index (κ3) is 4.15. The zero-order valence-corrected chi connectivity index (χ0v) is 16.1. The largest absolute Gasteiger partial charge is 0.493 e. The molecule has 146 valence electrons. The molecule has 1 aromatic heterocycles. The van der Waals surface area contributed by atoms with Gasteiger partial charge in [-0.3, -0.25) is 9.36 Å². The lowest BCUT2D eigenvalue weighted by Crippen LogP contribution is -2.40. The van der Waals surface area contributed by atoms with Crippen LogP contribution in [0.3, 0.4) is 0 Å². The van der Waals surface area contributed by atoms with Crippen molar-refractivity contribution in [1.82, 2.24) is 19.2 Å². The van der Waals surface area contributed by atoms with Crippen molar-refractivity contribution in [2.24, 2.45) is 13.0 Å². The zero-order valence-electron chi connectivity index (χ0n) is 16.1. The number of rotatable bonds is 7. The van der Waals surface area contributed by atoms with Gasteiger partial charge in [0.05, 0.1) is 19.6 Å². The first-order valence-electron chi connectivity index (χ1n) is 9.14. The molecule has 2 heterocycles. The summed E-state index contributed by atoms with van der Waals surface area (Å²) in [5.74, 6) is 2.04. The predicted octanol–water partition coefficient (Wildman–Crippen LogP) is 1.08. The Balaban J connectivity index is 1.48. The van der Waals surface area contributed by atoms with Gasteiger partial charge in [0, 0.05) is 33.6 Å². The molecule has 2 aromatic rings. The van der Waals surface area contributed by atoms with Gasteiger partial charge in [0.15, 0.2) is 11.5 Å². The molecule has 27 heavy (non-hydrogen) atoms. The first-order chi connectivity index (χ1) is 13.0. The number of para-hydroxylation sites is 2. The molecule has 1 aliphatic heterocycles.